The lowest BCUT2D eigenvalue weighted by molar-refractivity contribution is -0.120. The van der Waals surface area contributed by atoms with E-state index in [1.165, 1.54) is 141 Å². The van der Waals surface area contributed by atoms with Crippen molar-refractivity contribution >= 4 is 0 Å². The summed E-state index contributed by atoms with van der Waals surface area (Å²) in [5.41, 5.74) is 0. The predicted octanol–water partition coefficient (Wildman–Crippen LogP) is 9.08. The van der Waals surface area contributed by atoms with Gasteiger partial charge in [-0.15, -0.1) is 0 Å². The monoisotopic (exact) mass is 397 g/mol. The Bertz CT molecular complexity index is 267. The van der Waals surface area contributed by atoms with E-state index in [1.54, 1.807) is 5.06 Å². The Kier molecular flexibility index (Phi) is 24.9. The SMILES string of the molecule is CCCCCCCCCCCCCCCCCCCCCCCCON(C)C. The molecular weight excluding hydrogens is 342 g/mol. The van der Waals surface area contributed by atoms with Crippen LogP contribution >= 0.6 is 0 Å². The van der Waals surface area contributed by atoms with Crippen LogP contribution in [0, 0.1) is 0 Å². The van der Waals surface area contributed by atoms with Gasteiger partial charge in [0.15, 0.2) is 0 Å². The molecule has 0 bridgehead atoms. The van der Waals surface area contributed by atoms with E-state index in [9.17, 15) is 0 Å². The molecule has 0 N–H and O–H groups in total. The Hall–Kier alpha value is -0.0800. The van der Waals surface area contributed by atoms with Crippen molar-refractivity contribution in [2.45, 2.75) is 148 Å². The van der Waals surface area contributed by atoms with Gasteiger partial charge in [0.05, 0.1) is 6.61 Å². The van der Waals surface area contributed by atoms with Gasteiger partial charge in [0, 0.05) is 14.1 Å². The average molecular weight is 398 g/mol. The van der Waals surface area contributed by atoms with Gasteiger partial charge in [-0.2, -0.15) is 5.06 Å². The first-order valence-corrected chi connectivity index (χ1v) is 13.1. The van der Waals surface area contributed by atoms with Crippen molar-refractivity contribution < 1.29 is 4.84 Å². The fraction of sp³-hybridized carbons (Fsp3) is 1.00. The number of hydrogen-bond donors (Lipinski definition) is 0. The standard InChI is InChI=1S/C26H55NO/c1-4-5-6-7-8-9-10-11-12-13-14-15-16-17-18-19-20-21-22-23-24-25-26-28-27(2)3/h4-26H2,1-3H3. The van der Waals surface area contributed by atoms with Crippen LogP contribution in [0.15, 0.2) is 0 Å². The summed E-state index contributed by atoms with van der Waals surface area (Å²) in [5.74, 6) is 0. The van der Waals surface area contributed by atoms with E-state index in [1.807, 2.05) is 14.1 Å². The maximum atomic E-state index is 5.42. The van der Waals surface area contributed by atoms with Gasteiger partial charge in [0.1, 0.15) is 0 Å². The smallest absolute Gasteiger partial charge is 0.0684 e. The number of nitrogens with zero attached hydrogens (tertiary/aromatic N) is 1. The molecule has 0 radical (unpaired) electrons. The highest BCUT2D eigenvalue weighted by molar-refractivity contribution is 4.51. The van der Waals surface area contributed by atoms with Crippen molar-refractivity contribution in [1.29, 1.82) is 0 Å². The second kappa shape index (κ2) is 25.0. The van der Waals surface area contributed by atoms with Crippen LogP contribution in [0.1, 0.15) is 148 Å². The van der Waals surface area contributed by atoms with Gasteiger partial charge in [0.25, 0.3) is 0 Å². The lowest BCUT2D eigenvalue weighted by Gasteiger charge is -2.09. The molecule has 0 unspecified atom stereocenters. The minimum Gasteiger partial charge on any atom is -0.300 e. The minimum absolute atomic E-state index is 0.881. The van der Waals surface area contributed by atoms with Gasteiger partial charge >= 0.3 is 0 Å². The zero-order valence-corrected chi connectivity index (χ0v) is 20.1. The van der Waals surface area contributed by atoms with Crippen LogP contribution in [-0.4, -0.2) is 25.8 Å². The van der Waals surface area contributed by atoms with Crippen molar-refractivity contribution in [3.8, 4) is 0 Å². The highest BCUT2D eigenvalue weighted by Crippen LogP contribution is 2.15. The first kappa shape index (κ1) is 27.9. The van der Waals surface area contributed by atoms with Gasteiger partial charge in [-0.25, -0.2) is 0 Å². The van der Waals surface area contributed by atoms with E-state index in [2.05, 4.69) is 6.92 Å². The van der Waals surface area contributed by atoms with E-state index >= 15 is 0 Å². The molecule has 0 saturated heterocycles. The van der Waals surface area contributed by atoms with Crippen LogP contribution in [0.25, 0.3) is 0 Å². The summed E-state index contributed by atoms with van der Waals surface area (Å²) in [5, 5.41) is 1.80. The number of unbranched alkanes of at least 4 members (excludes halogenated alkanes) is 21. The summed E-state index contributed by atoms with van der Waals surface area (Å²) >= 11 is 0. The molecular formula is C26H55NO. The summed E-state index contributed by atoms with van der Waals surface area (Å²) in [4.78, 5) is 5.42. The largest absolute Gasteiger partial charge is 0.300 e. The van der Waals surface area contributed by atoms with Crippen LogP contribution < -0.4 is 0 Å². The molecule has 170 valence electrons. The number of rotatable bonds is 24. The zero-order chi connectivity index (χ0) is 20.5. The quantitative estimate of drug-likeness (QED) is 0.119. The van der Waals surface area contributed by atoms with Crippen LogP contribution in [0.4, 0.5) is 0 Å². The molecule has 0 aromatic rings. The van der Waals surface area contributed by atoms with Crippen molar-refractivity contribution in [3.63, 3.8) is 0 Å². The molecule has 0 aromatic carbocycles. The van der Waals surface area contributed by atoms with Crippen LogP contribution in [-0.2, 0) is 4.84 Å². The molecule has 2 nitrogen and oxygen atoms in total. The molecule has 0 aliphatic rings. The second-order valence-electron chi connectivity index (χ2n) is 9.07. The minimum atomic E-state index is 0.881. The summed E-state index contributed by atoms with van der Waals surface area (Å²) in [6.45, 7) is 3.18. The van der Waals surface area contributed by atoms with Gasteiger partial charge < -0.3 is 0 Å². The van der Waals surface area contributed by atoms with Crippen LogP contribution in [0.3, 0.4) is 0 Å². The molecule has 0 aliphatic carbocycles. The van der Waals surface area contributed by atoms with Crippen molar-refractivity contribution in [1.82, 2.24) is 5.06 Å². The molecule has 28 heavy (non-hydrogen) atoms. The molecule has 0 amide bonds. The first-order valence-electron chi connectivity index (χ1n) is 13.1. The third-order valence-electron chi connectivity index (χ3n) is 5.85. The van der Waals surface area contributed by atoms with E-state index in [0.29, 0.717) is 0 Å². The number of hydrogen-bond acceptors (Lipinski definition) is 2. The fourth-order valence-corrected chi connectivity index (χ4v) is 3.96. The Morgan fingerprint density at radius 2 is 0.643 bits per heavy atom. The Morgan fingerprint density at radius 1 is 0.393 bits per heavy atom. The lowest BCUT2D eigenvalue weighted by atomic mass is 10.0. The molecule has 0 saturated carbocycles. The molecule has 2 heteroatoms. The van der Waals surface area contributed by atoms with Gasteiger partial charge in [-0.1, -0.05) is 142 Å². The predicted molar refractivity (Wildman–Crippen MR) is 127 cm³/mol. The third kappa shape index (κ3) is 25.9. The lowest BCUT2D eigenvalue weighted by Crippen LogP contribution is -2.13. The first-order chi connectivity index (χ1) is 13.8. The Balaban J connectivity index is 2.98. The zero-order valence-electron chi connectivity index (χ0n) is 20.1. The normalized spacial score (nSPS) is 11.6. The maximum absolute atomic E-state index is 5.42. The molecule has 0 aromatic heterocycles. The maximum Gasteiger partial charge on any atom is 0.0684 e. The van der Waals surface area contributed by atoms with Crippen molar-refractivity contribution in [2.75, 3.05) is 20.7 Å². The molecule has 0 atom stereocenters. The van der Waals surface area contributed by atoms with Crippen molar-refractivity contribution in [2.24, 2.45) is 0 Å². The summed E-state index contributed by atoms with van der Waals surface area (Å²) < 4.78 is 0. The summed E-state index contributed by atoms with van der Waals surface area (Å²) in [6, 6.07) is 0. The highest BCUT2D eigenvalue weighted by Gasteiger charge is 1.96. The van der Waals surface area contributed by atoms with Crippen molar-refractivity contribution in [3.05, 3.63) is 0 Å². The number of hydroxylamine groups is 2. The van der Waals surface area contributed by atoms with E-state index in [-0.39, 0.29) is 0 Å². The Labute approximate surface area is 179 Å². The second-order valence-corrected chi connectivity index (χ2v) is 9.07. The molecule has 0 spiro atoms. The molecule has 0 aliphatic heterocycles. The fourth-order valence-electron chi connectivity index (χ4n) is 3.96. The van der Waals surface area contributed by atoms with Crippen LogP contribution in [0.5, 0.6) is 0 Å². The molecule has 0 heterocycles. The van der Waals surface area contributed by atoms with E-state index < -0.39 is 0 Å². The highest BCUT2D eigenvalue weighted by atomic mass is 16.7. The molecule has 0 fully saturated rings. The Morgan fingerprint density at radius 3 is 0.893 bits per heavy atom. The van der Waals surface area contributed by atoms with Crippen LogP contribution in [0.2, 0.25) is 0 Å². The van der Waals surface area contributed by atoms with Gasteiger partial charge in [-0.05, 0) is 6.42 Å². The average Bonchev–Trinajstić information content (AvgIpc) is 2.68. The summed E-state index contributed by atoms with van der Waals surface area (Å²) in [7, 11) is 3.91. The summed E-state index contributed by atoms with van der Waals surface area (Å²) in [6.07, 6.45) is 31.7. The van der Waals surface area contributed by atoms with Gasteiger partial charge in [0.2, 0.25) is 0 Å². The third-order valence-corrected chi connectivity index (χ3v) is 5.85. The van der Waals surface area contributed by atoms with Gasteiger partial charge in [-0.3, -0.25) is 4.84 Å². The molecule has 0 rings (SSSR count). The van der Waals surface area contributed by atoms with E-state index in [0.717, 1.165) is 6.61 Å². The topological polar surface area (TPSA) is 12.5 Å². The van der Waals surface area contributed by atoms with E-state index in [4.69, 9.17) is 4.84 Å².